The second-order valence-corrected chi connectivity index (χ2v) is 4.98. The van der Waals surface area contributed by atoms with Crippen molar-refractivity contribution in [3.8, 4) is 11.5 Å². The fraction of sp³-hybridized carbons (Fsp3) is 0. The van der Waals surface area contributed by atoms with E-state index in [0.29, 0.717) is 16.5 Å². The highest BCUT2D eigenvalue weighted by Crippen LogP contribution is 2.26. The van der Waals surface area contributed by atoms with E-state index in [1.165, 1.54) is 6.20 Å². The Morgan fingerprint density at radius 2 is 2.33 bits per heavy atom. The first-order valence-corrected chi connectivity index (χ1v) is 6.36. The van der Waals surface area contributed by atoms with Crippen LogP contribution in [0.25, 0.3) is 27.4 Å². The number of nitrogens with one attached hydrogen (secondary N) is 1. The summed E-state index contributed by atoms with van der Waals surface area (Å²) >= 11 is 7.58. The number of nitrogens with zero attached hydrogens (tertiary/aromatic N) is 5. The number of hydrogen-bond acceptors (Lipinski definition) is 5. The molecule has 0 unspecified atom stereocenters. The van der Waals surface area contributed by atoms with Gasteiger partial charge in [-0.15, -0.1) is 16.4 Å². The largest absolute Gasteiger partial charge is 0.273 e. The number of rotatable bonds is 1. The van der Waals surface area contributed by atoms with Crippen LogP contribution in [0.1, 0.15) is 0 Å². The molecule has 0 spiro atoms. The van der Waals surface area contributed by atoms with Crippen LogP contribution in [0.3, 0.4) is 0 Å². The highest BCUT2D eigenvalue weighted by atomic mass is 35.5. The second kappa shape index (κ2) is 3.50. The van der Waals surface area contributed by atoms with Crippen LogP contribution >= 0.6 is 22.9 Å². The zero-order valence-electron chi connectivity index (χ0n) is 8.83. The number of aromatic amines is 1. The van der Waals surface area contributed by atoms with Gasteiger partial charge in [-0.1, -0.05) is 11.6 Å². The lowest BCUT2D eigenvalue weighted by molar-refractivity contribution is 0.935. The van der Waals surface area contributed by atoms with Crippen molar-refractivity contribution in [1.82, 2.24) is 29.8 Å². The zero-order valence-corrected chi connectivity index (χ0v) is 10.4. The Hall–Kier alpha value is -1.99. The summed E-state index contributed by atoms with van der Waals surface area (Å²) in [6.45, 7) is 0. The van der Waals surface area contributed by atoms with E-state index in [4.69, 9.17) is 11.6 Å². The normalized spacial score (nSPS) is 11.6. The van der Waals surface area contributed by atoms with Gasteiger partial charge in [0.05, 0.1) is 16.6 Å². The Balaban J connectivity index is 2.07. The van der Waals surface area contributed by atoms with E-state index in [1.807, 2.05) is 11.4 Å². The molecule has 88 valence electrons. The molecule has 1 N–H and O–H groups in total. The Bertz CT molecular complexity index is 860. The Morgan fingerprint density at radius 1 is 1.39 bits per heavy atom. The van der Waals surface area contributed by atoms with Gasteiger partial charge in [0.15, 0.2) is 5.65 Å². The summed E-state index contributed by atoms with van der Waals surface area (Å²) < 4.78 is 1.64. The molecule has 6 nitrogen and oxygen atoms in total. The molecule has 0 bridgehead atoms. The standard InChI is InChI=1S/C10H5ClN6S/c11-6-3-13-15-7(6)8-14-9-5-1-2-18-10(5)12-4-17(9)16-8/h1-4H,(H,13,15). The minimum Gasteiger partial charge on any atom is -0.273 e. The molecule has 0 aliphatic carbocycles. The van der Waals surface area contributed by atoms with E-state index >= 15 is 0 Å². The van der Waals surface area contributed by atoms with Gasteiger partial charge < -0.3 is 0 Å². The Morgan fingerprint density at radius 3 is 3.17 bits per heavy atom. The van der Waals surface area contributed by atoms with Gasteiger partial charge in [0.1, 0.15) is 16.9 Å². The van der Waals surface area contributed by atoms with E-state index in [-0.39, 0.29) is 0 Å². The smallest absolute Gasteiger partial charge is 0.201 e. The first kappa shape index (κ1) is 9.98. The predicted octanol–water partition coefficient (Wildman–Crippen LogP) is 2.38. The molecule has 4 aromatic heterocycles. The lowest BCUT2D eigenvalue weighted by atomic mass is 10.4. The number of halogens is 1. The lowest BCUT2D eigenvalue weighted by Gasteiger charge is -1.90. The fourth-order valence-electron chi connectivity index (χ4n) is 1.80. The van der Waals surface area contributed by atoms with Crippen molar-refractivity contribution >= 4 is 38.8 Å². The van der Waals surface area contributed by atoms with Crippen molar-refractivity contribution in [3.63, 3.8) is 0 Å². The van der Waals surface area contributed by atoms with Crippen LogP contribution in [0.4, 0.5) is 0 Å². The van der Waals surface area contributed by atoms with Crippen molar-refractivity contribution in [2.75, 3.05) is 0 Å². The Labute approximate surface area is 109 Å². The molecule has 0 saturated carbocycles. The van der Waals surface area contributed by atoms with Crippen molar-refractivity contribution in [1.29, 1.82) is 0 Å². The SMILES string of the molecule is Clc1cn[nH]c1-c1nc2c3ccsc3ncn2n1. The van der Waals surface area contributed by atoms with Gasteiger partial charge in [0, 0.05) is 0 Å². The molecule has 0 aliphatic rings. The van der Waals surface area contributed by atoms with E-state index < -0.39 is 0 Å². The van der Waals surface area contributed by atoms with E-state index in [1.54, 1.807) is 22.2 Å². The summed E-state index contributed by atoms with van der Waals surface area (Å²) in [6, 6.07) is 1.98. The van der Waals surface area contributed by atoms with E-state index in [9.17, 15) is 0 Å². The molecule has 0 aliphatic heterocycles. The molecular formula is C10H5ClN6S. The van der Waals surface area contributed by atoms with Gasteiger partial charge in [0.25, 0.3) is 0 Å². The predicted molar refractivity (Wildman–Crippen MR) is 68.8 cm³/mol. The van der Waals surface area contributed by atoms with Gasteiger partial charge in [-0.2, -0.15) is 5.10 Å². The third kappa shape index (κ3) is 1.28. The molecule has 18 heavy (non-hydrogen) atoms. The van der Waals surface area contributed by atoms with Crippen LogP contribution in [0, 0.1) is 0 Å². The van der Waals surface area contributed by atoms with Gasteiger partial charge >= 0.3 is 0 Å². The quantitative estimate of drug-likeness (QED) is 0.579. The minimum absolute atomic E-state index is 0.500. The highest BCUT2D eigenvalue weighted by molar-refractivity contribution is 7.16. The molecule has 0 atom stereocenters. The van der Waals surface area contributed by atoms with Crippen molar-refractivity contribution in [2.24, 2.45) is 0 Å². The summed E-state index contributed by atoms with van der Waals surface area (Å²) in [4.78, 5) is 9.73. The maximum atomic E-state index is 6.00. The molecule has 4 aromatic rings. The summed E-state index contributed by atoms with van der Waals surface area (Å²) in [7, 11) is 0. The number of aromatic nitrogens is 6. The molecule has 0 amide bonds. The number of thiophene rings is 1. The molecule has 0 aromatic carbocycles. The first-order chi connectivity index (χ1) is 8.83. The highest BCUT2D eigenvalue weighted by Gasteiger charge is 2.14. The number of hydrogen-bond donors (Lipinski definition) is 1. The van der Waals surface area contributed by atoms with Crippen LogP contribution in [0.2, 0.25) is 5.02 Å². The van der Waals surface area contributed by atoms with Crippen LogP contribution in [-0.2, 0) is 0 Å². The maximum Gasteiger partial charge on any atom is 0.201 e. The molecule has 4 rings (SSSR count). The summed E-state index contributed by atoms with van der Waals surface area (Å²) in [5.74, 6) is 0.512. The Kier molecular flexibility index (Phi) is 1.94. The lowest BCUT2D eigenvalue weighted by Crippen LogP contribution is -1.89. The fourth-order valence-corrected chi connectivity index (χ4v) is 2.70. The summed E-state index contributed by atoms with van der Waals surface area (Å²) in [5, 5.41) is 14.5. The van der Waals surface area contributed by atoms with Crippen LogP contribution in [0.15, 0.2) is 24.0 Å². The average Bonchev–Trinajstić information content (AvgIpc) is 3.04. The third-order valence-corrected chi connectivity index (χ3v) is 3.73. The summed E-state index contributed by atoms with van der Waals surface area (Å²) in [6.07, 6.45) is 3.18. The summed E-state index contributed by atoms with van der Waals surface area (Å²) in [5.41, 5.74) is 1.38. The van der Waals surface area contributed by atoms with Crippen molar-refractivity contribution in [2.45, 2.75) is 0 Å². The van der Waals surface area contributed by atoms with Gasteiger partial charge in [-0.3, -0.25) is 5.10 Å². The molecule has 8 heteroatoms. The average molecular weight is 277 g/mol. The first-order valence-electron chi connectivity index (χ1n) is 5.11. The van der Waals surface area contributed by atoms with Crippen LogP contribution in [-0.4, -0.2) is 29.8 Å². The van der Waals surface area contributed by atoms with Gasteiger partial charge in [-0.25, -0.2) is 14.5 Å². The molecule has 0 fully saturated rings. The van der Waals surface area contributed by atoms with Gasteiger partial charge in [0.2, 0.25) is 5.82 Å². The van der Waals surface area contributed by atoms with Gasteiger partial charge in [-0.05, 0) is 11.4 Å². The van der Waals surface area contributed by atoms with Crippen LogP contribution < -0.4 is 0 Å². The molecular weight excluding hydrogens is 272 g/mol. The topological polar surface area (TPSA) is 71.8 Å². The second-order valence-electron chi connectivity index (χ2n) is 3.68. The van der Waals surface area contributed by atoms with Crippen LogP contribution in [0.5, 0.6) is 0 Å². The van der Waals surface area contributed by atoms with E-state index in [2.05, 4.69) is 25.3 Å². The van der Waals surface area contributed by atoms with E-state index in [0.717, 1.165) is 15.9 Å². The molecule has 0 radical (unpaired) electrons. The number of H-pyrrole nitrogens is 1. The zero-order chi connectivity index (χ0) is 12.1. The molecule has 4 heterocycles. The van der Waals surface area contributed by atoms with Crippen molar-refractivity contribution < 1.29 is 0 Å². The third-order valence-electron chi connectivity index (χ3n) is 2.62. The maximum absolute atomic E-state index is 6.00. The van der Waals surface area contributed by atoms with Crippen molar-refractivity contribution in [3.05, 3.63) is 29.0 Å². The number of fused-ring (bicyclic) bond motifs is 3. The monoisotopic (exact) mass is 276 g/mol. The minimum atomic E-state index is 0.500. The molecule has 0 saturated heterocycles.